The Labute approximate surface area is 166 Å². The number of fused-ring (bicyclic) bond motifs is 1. The number of aryl methyl sites for hydroxylation is 1. The molecular formula is C22H27N2O3S+. The Morgan fingerprint density at radius 3 is 2.29 bits per heavy atom. The molecule has 0 amide bonds. The molecule has 0 spiro atoms. The summed E-state index contributed by atoms with van der Waals surface area (Å²) in [6.45, 7) is 2.36. The molecule has 0 radical (unpaired) electrons. The van der Waals surface area contributed by atoms with Crippen LogP contribution in [0.15, 0.2) is 71.6 Å². The summed E-state index contributed by atoms with van der Waals surface area (Å²) >= 11 is 0. The Balaban J connectivity index is 2.13. The van der Waals surface area contributed by atoms with E-state index >= 15 is 0 Å². The lowest BCUT2D eigenvalue weighted by atomic mass is 10.1. The van der Waals surface area contributed by atoms with Crippen molar-refractivity contribution in [3.8, 4) is 0 Å². The van der Waals surface area contributed by atoms with E-state index in [9.17, 15) is 13.5 Å². The van der Waals surface area contributed by atoms with Crippen molar-refractivity contribution in [3.05, 3.63) is 72.3 Å². The van der Waals surface area contributed by atoms with E-state index < -0.39 is 16.1 Å². The molecule has 0 aliphatic heterocycles. The highest BCUT2D eigenvalue weighted by Crippen LogP contribution is 2.31. The Morgan fingerprint density at radius 1 is 0.964 bits per heavy atom. The number of likely N-dealkylation sites (N-methyl/N-ethyl adjacent to an activating group) is 1. The van der Waals surface area contributed by atoms with Gasteiger partial charge in [-0.15, -0.1) is 0 Å². The van der Waals surface area contributed by atoms with Gasteiger partial charge in [0.15, 0.2) is 0 Å². The average molecular weight is 400 g/mol. The number of aliphatic hydroxyl groups is 1. The van der Waals surface area contributed by atoms with Crippen molar-refractivity contribution in [3.63, 3.8) is 0 Å². The molecule has 1 atom stereocenters. The Bertz CT molecular complexity index is 1040. The molecule has 148 valence electrons. The van der Waals surface area contributed by atoms with E-state index in [4.69, 9.17) is 0 Å². The van der Waals surface area contributed by atoms with Gasteiger partial charge in [-0.05, 0) is 30.5 Å². The number of benzene rings is 3. The van der Waals surface area contributed by atoms with E-state index in [1.54, 1.807) is 30.3 Å². The van der Waals surface area contributed by atoms with Crippen molar-refractivity contribution < 1.29 is 18.4 Å². The highest BCUT2D eigenvalue weighted by molar-refractivity contribution is 7.92. The number of nitrogens with one attached hydrogen (secondary N) is 1. The van der Waals surface area contributed by atoms with Crippen LogP contribution in [-0.2, 0) is 10.0 Å². The van der Waals surface area contributed by atoms with E-state index in [2.05, 4.69) is 0 Å². The zero-order valence-electron chi connectivity index (χ0n) is 16.5. The van der Waals surface area contributed by atoms with Gasteiger partial charge in [0.2, 0.25) is 0 Å². The average Bonchev–Trinajstić information content (AvgIpc) is 2.65. The summed E-state index contributed by atoms with van der Waals surface area (Å²) in [5, 5.41) is 12.3. The molecule has 0 saturated heterocycles. The minimum atomic E-state index is -3.83. The van der Waals surface area contributed by atoms with E-state index in [0.717, 1.165) is 21.2 Å². The lowest BCUT2D eigenvalue weighted by Gasteiger charge is -2.28. The van der Waals surface area contributed by atoms with Crippen molar-refractivity contribution in [1.82, 2.24) is 0 Å². The van der Waals surface area contributed by atoms with Crippen molar-refractivity contribution >= 4 is 26.5 Å². The number of rotatable bonds is 7. The first-order valence-electron chi connectivity index (χ1n) is 9.33. The smallest absolute Gasteiger partial charge is 0.264 e. The van der Waals surface area contributed by atoms with E-state index in [1.807, 2.05) is 57.4 Å². The first-order chi connectivity index (χ1) is 13.3. The fourth-order valence-electron chi connectivity index (χ4n) is 3.32. The van der Waals surface area contributed by atoms with Crippen LogP contribution in [0.3, 0.4) is 0 Å². The third-order valence-corrected chi connectivity index (χ3v) is 6.46. The standard InChI is InChI=1S/C22H26N2O3S/c1-17-11-13-20(14-12-17)28(26,27)24(16-19(25)15-23(2)3)22-10-6-8-18-7-4-5-9-21(18)22/h4-14,19,25H,15-16H2,1-3H3/p+1/t19-/m1/s1. The molecule has 2 N–H and O–H groups in total. The van der Waals surface area contributed by atoms with Crippen LogP contribution in [0.5, 0.6) is 0 Å². The summed E-state index contributed by atoms with van der Waals surface area (Å²) in [7, 11) is 0.0319. The third kappa shape index (κ3) is 4.35. The molecule has 0 heterocycles. The maximum absolute atomic E-state index is 13.5. The van der Waals surface area contributed by atoms with Gasteiger partial charge >= 0.3 is 0 Å². The van der Waals surface area contributed by atoms with Gasteiger partial charge in [0, 0.05) is 5.39 Å². The van der Waals surface area contributed by atoms with Gasteiger partial charge in [-0.25, -0.2) is 8.42 Å². The maximum Gasteiger partial charge on any atom is 0.264 e. The zero-order chi connectivity index (χ0) is 20.3. The van der Waals surface area contributed by atoms with Gasteiger partial charge in [-0.3, -0.25) is 4.31 Å². The first-order valence-corrected chi connectivity index (χ1v) is 10.8. The van der Waals surface area contributed by atoms with Crippen LogP contribution in [0.25, 0.3) is 10.8 Å². The van der Waals surface area contributed by atoms with Gasteiger partial charge < -0.3 is 10.0 Å². The summed E-state index contributed by atoms with van der Waals surface area (Å²) in [6.07, 6.45) is -0.788. The van der Waals surface area contributed by atoms with Crippen molar-refractivity contribution in [2.24, 2.45) is 0 Å². The van der Waals surface area contributed by atoms with Crippen LogP contribution in [0, 0.1) is 6.92 Å². The van der Waals surface area contributed by atoms with Crippen LogP contribution in [0.2, 0.25) is 0 Å². The summed E-state index contributed by atoms with van der Waals surface area (Å²) in [4.78, 5) is 1.27. The second kappa shape index (κ2) is 8.31. The van der Waals surface area contributed by atoms with E-state index in [-0.39, 0.29) is 11.4 Å². The van der Waals surface area contributed by atoms with Crippen LogP contribution < -0.4 is 9.21 Å². The third-order valence-electron chi connectivity index (χ3n) is 4.66. The summed E-state index contributed by atoms with van der Waals surface area (Å²) in [5.74, 6) is 0. The molecule has 28 heavy (non-hydrogen) atoms. The topological polar surface area (TPSA) is 62.0 Å². The van der Waals surface area contributed by atoms with Crippen molar-refractivity contribution in [1.29, 1.82) is 0 Å². The highest BCUT2D eigenvalue weighted by Gasteiger charge is 2.29. The van der Waals surface area contributed by atoms with Crippen molar-refractivity contribution in [2.75, 3.05) is 31.5 Å². The molecule has 3 rings (SSSR count). The first kappa shape index (κ1) is 20.3. The van der Waals surface area contributed by atoms with Crippen LogP contribution in [-0.4, -0.2) is 46.8 Å². The predicted molar refractivity (Wildman–Crippen MR) is 113 cm³/mol. The SMILES string of the molecule is Cc1ccc(S(=O)(=O)N(C[C@H](O)C[NH+](C)C)c2cccc3ccccc23)cc1. The number of nitrogens with zero attached hydrogens (tertiary/aromatic N) is 1. The molecule has 0 aliphatic rings. The Morgan fingerprint density at radius 2 is 1.61 bits per heavy atom. The highest BCUT2D eigenvalue weighted by atomic mass is 32.2. The minimum absolute atomic E-state index is 0.00457. The normalized spacial score (nSPS) is 13.0. The predicted octanol–water partition coefficient (Wildman–Crippen LogP) is 1.85. The molecule has 5 nitrogen and oxygen atoms in total. The second-order valence-electron chi connectivity index (χ2n) is 7.41. The number of anilines is 1. The summed E-state index contributed by atoms with van der Waals surface area (Å²) < 4.78 is 28.4. The Hall–Kier alpha value is -2.41. The molecule has 0 aromatic heterocycles. The van der Waals surface area contributed by atoms with Crippen molar-refractivity contribution in [2.45, 2.75) is 17.9 Å². The largest absolute Gasteiger partial charge is 0.385 e. The molecule has 6 heteroatoms. The quantitative estimate of drug-likeness (QED) is 0.637. The zero-order valence-corrected chi connectivity index (χ0v) is 17.3. The van der Waals surface area contributed by atoms with Gasteiger partial charge in [0.05, 0.1) is 31.2 Å². The number of quaternary nitrogens is 1. The lowest BCUT2D eigenvalue weighted by Crippen LogP contribution is -3.07. The summed E-state index contributed by atoms with van der Waals surface area (Å²) in [6, 6.07) is 20.1. The van der Waals surface area contributed by atoms with Crippen LogP contribution in [0.1, 0.15) is 5.56 Å². The van der Waals surface area contributed by atoms with Crippen LogP contribution >= 0.6 is 0 Å². The monoisotopic (exact) mass is 399 g/mol. The van der Waals surface area contributed by atoms with E-state index in [1.165, 1.54) is 4.31 Å². The minimum Gasteiger partial charge on any atom is -0.385 e. The number of sulfonamides is 1. The molecule has 3 aromatic rings. The molecule has 0 fully saturated rings. The summed E-state index contributed by atoms with van der Waals surface area (Å²) in [5.41, 5.74) is 1.57. The van der Waals surface area contributed by atoms with Crippen LogP contribution in [0.4, 0.5) is 5.69 Å². The lowest BCUT2D eigenvalue weighted by molar-refractivity contribution is -0.861. The fraction of sp³-hybridized carbons (Fsp3) is 0.273. The Kier molecular flexibility index (Phi) is 6.03. The number of hydrogen-bond donors (Lipinski definition) is 2. The fourth-order valence-corrected chi connectivity index (χ4v) is 4.84. The molecule has 0 aliphatic carbocycles. The van der Waals surface area contributed by atoms with Gasteiger partial charge in [-0.1, -0.05) is 54.1 Å². The van der Waals surface area contributed by atoms with Gasteiger partial charge in [0.1, 0.15) is 12.6 Å². The molecule has 0 saturated carbocycles. The maximum atomic E-state index is 13.5. The molecular weight excluding hydrogens is 372 g/mol. The van der Waals surface area contributed by atoms with Gasteiger partial charge in [0.25, 0.3) is 10.0 Å². The molecule has 0 unspecified atom stereocenters. The molecule has 3 aromatic carbocycles. The van der Waals surface area contributed by atoms with Gasteiger partial charge in [-0.2, -0.15) is 0 Å². The van der Waals surface area contributed by atoms with E-state index in [0.29, 0.717) is 12.2 Å². The number of hydrogen-bond acceptors (Lipinski definition) is 3. The second-order valence-corrected chi connectivity index (χ2v) is 9.27. The number of aliphatic hydroxyl groups excluding tert-OH is 1. The molecule has 0 bridgehead atoms.